The van der Waals surface area contributed by atoms with E-state index < -0.39 is 11.2 Å². The maximum Gasteiger partial charge on any atom is 0.332 e. The number of carbonyl (C=O) groups excluding carboxylic acids is 1. The van der Waals surface area contributed by atoms with Gasteiger partial charge in [0.05, 0.1) is 28.9 Å². The molecule has 0 fully saturated rings. The quantitative estimate of drug-likeness (QED) is 0.481. The third-order valence-electron chi connectivity index (χ3n) is 4.80. The topological polar surface area (TPSA) is 95.2 Å². The molecule has 8 nitrogen and oxygen atoms in total. The molecule has 3 heterocycles. The number of amides is 1. The minimum Gasteiger partial charge on any atom is -0.497 e. The van der Waals surface area contributed by atoms with E-state index in [0.29, 0.717) is 27.4 Å². The van der Waals surface area contributed by atoms with Crippen LogP contribution in [0.2, 0.25) is 0 Å². The summed E-state index contributed by atoms with van der Waals surface area (Å²) in [6, 6.07) is 8.96. The first kappa shape index (κ1) is 21.0. The van der Waals surface area contributed by atoms with Gasteiger partial charge < -0.3 is 10.1 Å². The van der Waals surface area contributed by atoms with Crippen molar-refractivity contribution in [2.75, 3.05) is 7.11 Å². The van der Waals surface area contributed by atoms with Gasteiger partial charge in [0.25, 0.3) is 11.5 Å². The van der Waals surface area contributed by atoms with Crippen molar-refractivity contribution in [3.63, 3.8) is 0 Å². The zero-order valence-electron chi connectivity index (χ0n) is 17.2. The van der Waals surface area contributed by atoms with Crippen molar-refractivity contribution in [1.29, 1.82) is 0 Å². The molecule has 0 atom stereocenters. The summed E-state index contributed by atoms with van der Waals surface area (Å²) in [5.74, 6) is 0.404. The molecule has 0 saturated heterocycles. The molecule has 0 spiro atoms. The predicted molar refractivity (Wildman–Crippen MR) is 121 cm³/mol. The van der Waals surface area contributed by atoms with Gasteiger partial charge in [0.1, 0.15) is 10.6 Å². The smallest absolute Gasteiger partial charge is 0.332 e. The summed E-state index contributed by atoms with van der Waals surface area (Å²) in [7, 11) is 3.19. The van der Waals surface area contributed by atoms with E-state index in [9.17, 15) is 14.4 Å². The molecule has 0 unspecified atom stereocenters. The molecule has 31 heavy (non-hydrogen) atoms. The van der Waals surface area contributed by atoms with Crippen LogP contribution in [0.5, 0.6) is 5.75 Å². The Morgan fingerprint density at radius 2 is 2.03 bits per heavy atom. The summed E-state index contributed by atoms with van der Waals surface area (Å²) in [6.45, 7) is 2.34. The molecule has 160 valence electrons. The minimum atomic E-state index is -0.422. The van der Waals surface area contributed by atoms with Gasteiger partial charge in [0.2, 0.25) is 0 Å². The van der Waals surface area contributed by atoms with Gasteiger partial charge in [-0.3, -0.25) is 18.7 Å². The van der Waals surface area contributed by atoms with Gasteiger partial charge in [-0.2, -0.15) is 0 Å². The van der Waals surface area contributed by atoms with Crippen molar-refractivity contribution < 1.29 is 9.53 Å². The molecular weight excluding hydrogens is 436 g/mol. The van der Waals surface area contributed by atoms with Crippen molar-refractivity contribution in [3.8, 4) is 5.75 Å². The number of methoxy groups -OCH3 is 1. The lowest BCUT2D eigenvalue weighted by Gasteiger charge is -2.06. The second-order valence-electron chi connectivity index (χ2n) is 6.94. The molecule has 4 aromatic rings. The minimum absolute atomic E-state index is 0.153. The number of carbonyl (C=O) groups is 1. The summed E-state index contributed by atoms with van der Waals surface area (Å²) in [5, 5.41) is 4.07. The van der Waals surface area contributed by atoms with Crippen LogP contribution >= 0.6 is 22.7 Å². The van der Waals surface area contributed by atoms with Crippen molar-refractivity contribution in [2.45, 2.75) is 20.0 Å². The number of nitrogens with one attached hydrogen (secondary N) is 1. The molecule has 4 rings (SSSR count). The van der Waals surface area contributed by atoms with Crippen LogP contribution in [0.25, 0.3) is 10.2 Å². The third kappa shape index (κ3) is 4.17. The van der Waals surface area contributed by atoms with Gasteiger partial charge >= 0.3 is 5.69 Å². The Hall–Kier alpha value is -3.24. The van der Waals surface area contributed by atoms with Crippen LogP contribution in [-0.4, -0.2) is 27.1 Å². The van der Waals surface area contributed by atoms with E-state index in [2.05, 4.69) is 10.3 Å². The first-order valence-corrected chi connectivity index (χ1v) is 11.1. The van der Waals surface area contributed by atoms with Gasteiger partial charge in [-0.15, -0.1) is 22.7 Å². The summed E-state index contributed by atoms with van der Waals surface area (Å²) in [5.41, 5.74) is 0.0596. The number of rotatable bonds is 6. The molecule has 0 aliphatic rings. The number of aromatic nitrogens is 3. The van der Waals surface area contributed by atoms with E-state index in [1.165, 1.54) is 20.5 Å². The van der Waals surface area contributed by atoms with Crippen LogP contribution in [0.4, 0.5) is 0 Å². The van der Waals surface area contributed by atoms with Gasteiger partial charge in [0.15, 0.2) is 0 Å². The Labute approximate surface area is 185 Å². The Kier molecular flexibility index (Phi) is 5.75. The summed E-state index contributed by atoms with van der Waals surface area (Å²) < 4.78 is 7.79. The van der Waals surface area contributed by atoms with Crippen LogP contribution < -0.4 is 21.3 Å². The second kappa shape index (κ2) is 8.48. The van der Waals surface area contributed by atoms with E-state index in [0.717, 1.165) is 26.8 Å². The summed E-state index contributed by atoms with van der Waals surface area (Å²) >= 11 is 2.56. The monoisotopic (exact) mass is 456 g/mol. The third-order valence-corrected chi connectivity index (χ3v) is 6.91. The van der Waals surface area contributed by atoms with E-state index in [4.69, 9.17) is 4.74 Å². The lowest BCUT2D eigenvalue weighted by atomic mass is 10.2. The highest BCUT2D eigenvalue weighted by Gasteiger charge is 2.18. The number of aryl methyl sites for hydroxylation is 2. The van der Waals surface area contributed by atoms with Crippen LogP contribution in [0.15, 0.2) is 46.1 Å². The lowest BCUT2D eigenvalue weighted by Crippen LogP contribution is -2.38. The van der Waals surface area contributed by atoms with Gasteiger partial charge in [-0.1, -0.05) is 12.1 Å². The molecule has 0 aliphatic heterocycles. The molecule has 0 saturated carbocycles. The maximum atomic E-state index is 13.0. The van der Waals surface area contributed by atoms with Crippen LogP contribution in [-0.2, 0) is 20.1 Å². The molecule has 3 aromatic heterocycles. The number of thiazole rings is 1. The first-order chi connectivity index (χ1) is 14.9. The molecular formula is C21H20N4O4S2. The number of fused-ring (bicyclic) bond motifs is 1. The maximum absolute atomic E-state index is 13.0. The highest BCUT2D eigenvalue weighted by molar-refractivity contribution is 7.20. The average Bonchev–Trinajstić information content (AvgIpc) is 3.40. The Morgan fingerprint density at radius 3 is 2.74 bits per heavy atom. The standard InChI is InChI=1S/C21H20N4O4S2/c1-12-22-10-15(30-12)11-25-19(27)16-8-17(31-20(16)24(2)21(25)28)18(26)23-9-13-5-4-6-14(7-13)29-3/h4-8,10H,9,11H2,1-3H3,(H,23,26). The fourth-order valence-corrected chi connectivity index (χ4v) is 5.03. The Morgan fingerprint density at radius 1 is 1.23 bits per heavy atom. The number of ether oxygens (including phenoxy) is 1. The van der Waals surface area contributed by atoms with Crippen LogP contribution in [0.1, 0.15) is 25.1 Å². The van der Waals surface area contributed by atoms with Crippen molar-refractivity contribution >= 4 is 38.8 Å². The van der Waals surface area contributed by atoms with Crippen molar-refractivity contribution in [3.05, 3.63) is 77.7 Å². The number of hydrogen-bond donors (Lipinski definition) is 1. The van der Waals surface area contributed by atoms with Gasteiger partial charge in [0, 0.05) is 24.7 Å². The van der Waals surface area contributed by atoms with E-state index in [-0.39, 0.29) is 12.5 Å². The molecule has 1 amide bonds. The van der Waals surface area contributed by atoms with E-state index in [1.54, 1.807) is 26.4 Å². The van der Waals surface area contributed by atoms with Crippen molar-refractivity contribution in [2.24, 2.45) is 7.05 Å². The largest absolute Gasteiger partial charge is 0.497 e. The molecule has 0 radical (unpaired) electrons. The zero-order chi connectivity index (χ0) is 22.1. The van der Waals surface area contributed by atoms with E-state index in [1.807, 2.05) is 31.2 Å². The predicted octanol–water partition coefficient (Wildman–Crippen LogP) is 2.51. The number of thiophene rings is 1. The fraction of sp³-hybridized carbons (Fsp3) is 0.238. The molecule has 0 bridgehead atoms. The van der Waals surface area contributed by atoms with Crippen molar-refractivity contribution in [1.82, 2.24) is 19.4 Å². The lowest BCUT2D eigenvalue weighted by molar-refractivity contribution is 0.0955. The summed E-state index contributed by atoms with van der Waals surface area (Å²) in [6.07, 6.45) is 1.67. The molecule has 1 N–H and O–H groups in total. The van der Waals surface area contributed by atoms with Gasteiger partial charge in [-0.25, -0.2) is 9.78 Å². The number of benzene rings is 1. The highest BCUT2D eigenvalue weighted by Crippen LogP contribution is 2.22. The normalized spacial score (nSPS) is 11.1. The highest BCUT2D eigenvalue weighted by atomic mass is 32.1. The Balaban J connectivity index is 1.63. The SMILES string of the molecule is COc1cccc(CNC(=O)c2cc3c(=O)n(Cc4cnc(C)s4)c(=O)n(C)c3s2)c1. The zero-order valence-corrected chi connectivity index (χ0v) is 18.8. The molecule has 1 aromatic carbocycles. The van der Waals surface area contributed by atoms with E-state index >= 15 is 0 Å². The van der Waals surface area contributed by atoms with Gasteiger partial charge in [-0.05, 0) is 30.7 Å². The molecule has 10 heteroatoms. The summed E-state index contributed by atoms with van der Waals surface area (Å²) in [4.78, 5) is 44.3. The fourth-order valence-electron chi connectivity index (χ4n) is 3.22. The number of hydrogen-bond acceptors (Lipinski definition) is 7. The van der Waals surface area contributed by atoms with Crippen LogP contribution in [0.3, 0.4) is 0 Å². The second-order valence-corrected chi connectivity index (χ2v) is 9.29. The molecule has 0 aliphatic carbocycles. The Bertz CT molecular complexity index is 1400. The van der Waals surface area contributed by atoms with Crippen LogP contribution in [0, 0.1) is 6.92 Å². The first-order valence-electron chi connectivity index (χ1n) is 9.43. The average molecular weight is 457 g/mol. The number of nitrogens with zero attached hydrogens (tertiary/aromatic N) is 3.